The molecule has 1 N–H and O–H groups in total. The third kappa shape index (κ3) is 10.9. The molecule has 0 aromatic heterocycles. The van der Waals surface area contributed by atoms with E-state index in [-0.39, 0.29) is 11.4 Å². The summed E-state index contributed by atoms with van der Waals surface area (Å²) in [6, 6.07) is 17.0. The zero-order valence-electron chi connectivity index (χ0n) is 18.4. The molecule has 2 rings (SSSR count). The zero-order valence-corrected chi connectivity index (χ0v) is 20.0. The Hall–Kier alpha value is -4.39. The van der Waals surface area contributed by atoms with Gasteiger partial charge in [0, 0.05) is 0 Å². The van der Waals surface area contributed by atoms with Crippen LogP contribution in [0.2, 0.25) is 0 Å². The van der Waals surface area contributed by atoms with Crippen molar-refractivity contribution in [1.82, 2.24) is 5.48 Å². The van der Waals surface area contributed by atoms with Crippen LogP contribution in [0.25, 0.3) is 12.2 Å². The van der Waals surface area contributed by atoms with E-state index in [9.17, 15) is 16.8 Å². The van der Waals surface area contributed by atoms with Gasteiger partial charge in [0.05, 0.1) is 12.5 Å². The fourth-order valence-electron chi connectivity index (χ4n) is 2.14. The van der Waals surface area contributed by atoms with Crippen molar-refractivity contribution in [2.45, 2.75) is 0 Å². The molecule has 2 aromatic rings. The van der Waals surface area contributed by atoms with Crippen LogP contribution in [-0.4, -0.2) is 35.1 Å². The Morgan fingerprint density at radius 1 is 0.886 bits per heavy atom. The van der Waals surface area contributed by atoms with E-state index in [0.29, 0.717) is 22.6 Å². The fourth-order valence-corrected chi connectivity index (χ4v) is 2.59. The van der Waals surface area contributed by atoms with Crippen LogP contribution in [0, 0.1) is 22.7 Å². The lowest BCUT2D eigenvalue weighted by atomic mass is 10.2. The molecule has 0 spiro atoms. The number of nitriles is 2. The summed E-state index contributed by atoms with van der Waals surface area (Å²) in [6.45, 7) is 0. The number of hydrogen-bond acceptors (Lipinski definition) is 11. The first-order valence-electron chi connectivity index (χ1n) is 9.41. The maximum atomic E-state index is 11.0. The molecule has 0 amide bonds. The topological polar surface area (TPSA) is 168 Å². The van der Waals surface area contributed by atoms with Gasteiger partial charge in [-0.05, 0) is 47.5 Å². The van der Waals surface area contributed by atoms with Crippen LogP contribution in [0.1, 0.15) is 11.1 Å². The number of rotatable bonds is 10. The molecule has 11 nitrogen and oxygen atoms in total. The van der Waals surface area contributed by atoms with E-state index in [4.69, 9.17) is 15.3 Å². The lowest BCUT2D eigenvalue weighted by Gasteiger charge is -2.06. The van der Waals surface area contributed by atoms with Crippen molar-refractivity contribution in [2.24, 2.45) is 5.16 Å². The predicted octanol–water partition coefficient (Wildman–Crippen LogP) is 2.85. The van der Waals surface area contributed by atoms with Gasteiger partial charge < -0.3 is 4.74 Å². The standard InChI is InChI=1S/C22H18N4O7S2/c1-34(27,28)32-25-19(15-23)9-3-17-5-11-21(12-6-17)31-22-13-7-18(8-14-22)4-10-20(16-24)26-33-35(2,29)30/h3-9,11-14,26H,1-2H3. The fraction of sp³-hybridized carbons (Fsp3) is 0.0909. The summed E-state index contributed by atoms with van der Waals surface area (Å²) in [5.41, 5.74) is 5.52. The molecular weight excluding hydrogens is 496 g/mol. The number of ether oxygens (including phenoxy) is 1. The molecule has 0 aliphatic heterocycles. The van der Waals surface area contributed by atoms with Gasteiger partial charge in [-0.2, -0.15) is 31.6 Å². The van der Waals surface area contributed by atoms with Crippen molar-refractivity contribution < 1.29 is 30.1 Å². The number of oxime groups is 1. The second-order valence-corrected chi connectivity index (χ2v) is 9.74. The van der Waals surface area contributed by atoms with Gasteiger partial charge >= 0.3 is 10.1 Å². The van der Waals surface area contributed by atoms with Crippen LogP contribution in [-0.2, 0) is 28.8 Å². The maximum Gasteiger partial charge on any atom is 0.325 e. The SMILES string of the molecule is CS(=O)(=O)ON=C(C#N)C=Cc1ccc(Oc2ccc(C=C=C(C#N)NOS(C)(=O)=O)cc2)cc1. The van der Waals surface area contributed by atoms with E-state index in [0.717, 1.165) is 12.5 Å². The third-order valence-electron chi connectivity index (χ3n) is 3.61. The minimum Gasteiger partial charge on any atom is -0.457 e. The Bertz CT molecular complexity index is 1470. The summed E-state index contributed by atoms with van der Waals surface area (Å²) in [7, 11) is -7.57. The average Bonchev–Trinajstić information content (AvgIpc) is 2.80. The zero-order chi connectivity index (χ0) is 25.9. The van der Waals surface area contributed by atoms with Gasteiger partial charge in [-0.1, -0.05) is 41.2 Å². The summed E-state index contributed by atoms with van der Waals surface area (Å²) in [5.74, 6) is 1.07. The van der Waals surface area contributed by atoms with Crippen LogP contribution in [0.15, 0.2) is 71.2 Å². The van der Waals surface area contributed by atoms with Crippen molar-refractivity contribution in [3.63, 3.8) is 0 Å². The number of benzene rings is 2. The van der Waals surface area contributed by atoms with E-state index >= 15 is 0 Å². The number of hydrogen-bond donors (Lipinski definition) is 1. The molecule has 0 atom stereocenters. The van der Waals surface area contributed by atoms with E-state index in [1.165, 1.54) is 12.2 Å². The van der Waals surface area contributed by atoms with Crippen LogP contribution >= 0.6 is 0 Å². The highest BCUT2D eigenvalue weighted by Crippen LogP contribution is 2.22. The summed E-state index contributed by atoms with van der Waals surface area (Å²) < 4.78 is 58.1. The molecule has 0 aliphatic rings. The van der Waals surface area contributed by atoms with Crippen LogP contribution in [0.3, 0.4) is 0 Å². The molecule has 13 heteroatoms. The second kappa shape index (κ2) is 12.2. The Labute approximate surface area is 202 Å². The molecular formula is C22H18N4O7S2. The summed E-state index contributed by atoms with van der Waals surface area (Å²) in [5, 5.41) is 21.2. The van der Waals surface area contributed by atoms with Crippen molar-refractivity contribution in [2.75, 3.05) is 12.5 Å². The van der Waals surface area contributed by atoms with E-state index in [2.05, 4.69) is 19.5 Å². The van der Waals surface area contributed by atoms with Crippen LogP contribution < -0.4 is 10.2 Å². The normalized spacial score (nSPS) is 11.6. The first kappa shape index (κ1) is 26.9. The molecule has 180 valence electrons. The number of nitrogens with one attached hydrogen (secondary N) is 1. The van der Waals surface area contributed by atoms with Gasteiger partial charge in [0.25, 0.3) is 10.1 Å². The second-order valence-electron chi connectivity index (χ2n) is 6.61. The van der Waals surface area contributed by atoms with Crippen molar-refractivity contribution in [1.29, 1.82) is 10.5 Å². The molecule has 0 saturated heterocycles. The third-order valence-corrected chi connectivity index (χ3v) is 4.34. The van der Waals surface area contributed by atoms with Crippen molar-refractivity contribution >= 4 is 38.1 Å². The highest BCUT2D eigenvalue weighted by molar-refractivity contribution is 7.86. The lowest BCUT2D eigenvalue weighted by molar-refractivity contribution is 0.245. The highest BCUT2D eigenvalue weighted by atomic mass is 32.2. The number of nitrogens with zero attached hydrogens (tertiary/aromatic N) is 3. The number of hydroxylamine groups is 1. The first-order chi connectivity index (χ1) is 16.5. The summed E-state index contributed by atoms with van der Waals surface area (Å²) in [6.07, 6.45) is 5.97. The Morgan fingerprint density at radius 2 is 1.46 bits per heavy atom. The maximum absolute atomic E-state index is 11.0. The van der Waals surface area contributed by atoms with E-state index in [1.54, 1.807) is 66.7 Å². The van der Waals surface area contributed by atoms with Gasteiger partial charge in [-0.3, -0.25) is 4.28 Å². The molecule has 35 heavy (non-hydrogen) atoms. The van der Waals surface area contributed by atoms with Gasteiger partial charge in [0.15, 0.2) is 11.4 Å². The molecule has 0 unspecified atom stereocenters. The van der Waals surface area contributed by atoms with Gasteiger partial charge in [0.2, 0.25) is 0 Å². The smallest absolute Gasteiger partial charge is 0.325 e. The van der Waals surface area contributed by atoms with Gasteiger partial charge in [0.1, 0.15) is 23.6 Å². The quantitative estimate of drug-likeness (QED) is 0.215. The van der Waals surface area contributed by atoms with Crippen molar-refractivity contribution in [3.05, 3.63) is 77.2 Å². The largest absolute Gasteiger partial charge is 0.457 e. The molecule has 0 saturated carbocycles. The molecule has 0 radical (unpaired) electrons. The first-order valence-corrected chi connectivity index (χ1v) is 13.0. The average molecular weight is 515 g/mol. The van der Waals surface area contributed by atoms with E-state index in [1.807, 2.05) is 5.48 Å². The van der Waals surface area contributed by atoms with Gasteiger partial charge in [-0.15, -0.1) is 0 Å². The van der Waals surface area contributed by atoms with Gasteiger partial charge in [-0.25, -0.2) is 5.48 Å². The highest BCUT2D eigenvalue weighted by Gasteiger charge is 2.03. The minimum absolute atomic E-state index is 0.221. The summed E-state index contributed by atoms with van der Waals surface area (Å²) in [4.78, 5) is 0. The molecule has 2 aromatic carbocycles. The lowest BCUT2D eigenvalue weighted by Crippen LogP contribution is -2.17. The Morgan fingerprint density at radius 3 is 1.94 bits per heavy atom. The predicted molar refractivity (Wildman–Crippen MR) is 127 cm³/mol. The molecule has 0 aliphatic carbocycles. The molecule has 0 fully saturated rings. The minimum atomic E-state index is -3.80. The van der Waals surface area contributed by atoms with Crippen LogP contribution in [0.4, 0.5) is 0 Å². The summed E-state index contributed by atoms with van der Waals surface area (Å²) >= 11 is 0. The molecule has 0 heterocycles. The van der Waals surface area contributed by atoms with E-state index < -0.39 is 20.2 Å². The Kier molecular flexibility index (Phi) is 9.35. The Balaban J connectivity index is 2.03. The van der Waals surface area contributed by atoms with Crippen molar-refractivity contribution in [3.8, 4) is 23.6 Å². The number of allylic oxidation sites excluding steroid dienone is 2. The monoisotopic (exact) mass is 514 g/mol. The molecule has 0 bridgehead atoms. The van der Waals surface area contributed by atoms with Crippen LogP contribution in [0.5, 0.6) is 11.5 Å².